The van der Waals surface area contributed by atoms with Gasteiger partial charge in [0.1, 0.15) is 0 Å². The van der Waals surface area contributed by atoms with Crippen LogP contribution in [0.4, 0.5) is 0 Å². The Morgan fingerprint density at radius 3 is 1.90 bits per heavy atom. The van der Waals surface area contributed by atoms with Crippen LogP contribution in [0.25, 0.3) is 0 Å². The van der Waals surface area contributed by atoms with Gasteiger partial charge >= 0.3 is 0 Å². The molecule has 0 rings (SSSR count). The van der Waals surface area contributed by atoms with Crippen LogP contribution in [0.1, 0.15) is 0 Å². The summed E-state index contributed by atoms with van der Waals surface area (Å²) < 4.78 is 0.976. The maximum atomic E-state index is 7.13. The molecule has 58 valence electrons. The van der Waals surface area contributed by atoms with E-state index >= 15 is 0 Å². The summed E-state index contributed by atoms with van der Waals surface area (Å²) in [6, 6.07) is 0. The van der Waals surface area contributed by atoms with Gasteiger partial charge in [-0.05, 0) is 6.08 Å². The number of hydrogen-bond acceptors (Lipinski definition) is 2. The highest BCUT2D eigenvalue weighted by Gasteiger charge is 1.99. The standard InChI is InChI=1S/C6H14N.CHNS/c1-5-6-7(2,3)4;2-1-3/h5H,1,6H2,2-4H3;3H/q+1;/p-1. The quantitative estimate of drug-likeness (QED) is 0.258. The van der Waals surface area contributed by atoms with Crippen molar-refractivity contribution in [2.24, 2.45) is 0 Å². The molecule has 0 spiro atoms. The van der Waals surface area contributed by atoms with E-state index in [1.165, 1.54) is 5.40 Å². The first-order valence-electron chi connectivity index (χ1n) is 2.90. The largest absolute Gasteiger partial charge is 0.696 e. The topological polar surface area (TPSA) is 23.8 Å². The first-order valence-corrected chi connectivity index (χ1v) is 3.31. The van der Waals surface area contributed by atoms with Crippen molar-refractivity contribution in [2.75, 3.05) is 27.7 Å². The number of quaternary nitrogens is 1. The second-order valence-corrected chi connectivity index (χ2v) is 3.04. The van der Waals surface area contributed by atoms with Crippen molar-refractivity contribution in [3.05, 3.63) is 12.7 Å². The van der Waals surface area contributed by atoms with Gasteiger partial charge in [-0.2, -0.15) is 0 Å². The molecule has 0 N–H and O–H groups in total. The van der Waals surface area contributed by atoms with Crippen molar-refractivity contribution in [1.29, 1.82) is 5.26 Å². The summed E-state index contributed by atoms with van der Waals surface area (Å²) in [5.41, 5.74) is 0. The molecule has 10 heavy (non-hydrogen) atoms. The fourth-order valence-electron chi connectivity index (χ4n) is 0.387. The molecule has 0 aliphatic carbocycles. The maximum absolute atomic E-state index is 7.13. The SMILES string of the molecule is C=CC[N+](C)(C)C.N#C[S-]. The van der Waals surface area contributed by atoms with E-state index in [1.807, 2.05) is 6.08 Å². The first kappa shape index (κ1) is 12.1. The van der Waals surface area contributed by atoms with Crippen LogP contribution in [-0.4, -0.2) is 32.2 Å². The van der Waals surface area contributed by atoms with Gasteiger partial charge in [0.2, 0.25) is 0 Å². The molecule has 0 amide bonds. The summed E-state index contributed by atoms with van der Waals surface area (Å²) in [6.45, 7) is 4.67. The Balaban J connectivity index is 0. The molecule has 0 atom stereocenters. The van der Waals surface area contributed by atoms with E-state index < -0.39 is 0 Å². The maximum Gasteiger partial charge on any atom is 0.0964 e. The number of nitriles is 1. The lowest BCUT2D eigenvalue weighted by Gasteiger charge is -2.21. The molecule has 2 nitrogen and oxygen atoms in total. The zero-order valence-corrected chi connectivity index (χ0v) is 7.61. The molecule has 0 aliphatic heterocycles. The summed E-state index contributed by atoms with van der Waals surface area (Å²) >= 11 is 3.70. The van der Waals surface area contributed by atoms with Crippen LogP contribution < -0.4 is 0 Å². The molecule has 0 unspecified atom stereocenters. The summed E-state index contributed by atoms with van der Waals surface area (Å²) in [4.78, 5) is 0. The third-order valence-corrected chi connectivity index (χ3v) is 0.677. The summed E-state index contributed by atoms with van der Waals surface area (Å²) in [7, 11) is 6.42. The minimum absolute atomic E-state index is 0.976. The van der Waals surface area contributed by atoms with Crippen LogP contribution in [-0.2, 0) is 12.6 Å². The van der Waals surface area contributed by atoms with Gasteiger partial charge < -0.3 is 17.1 Å². The van der Waals surface area contributed by atoms with Crippen LogP contribution in [0.2, 0.25) is 0 Å². The minimum atomic E-state index is 0.976. The van der Waals surface area contributed by atoms with Crippen molar-refractivity contribution in [3.8, 4) is 5.40 Å². The van der Waals surface area contributed by atoms with Gasteiger partial charge in [0.25, 0.3) is 0 Å². The van der Waals surface area contributed by atoms with Crippen LogP contribution in [0.3, 0.4) is 0 Å². The Bertz CT molecular complexity index is 119. The summed E-state index contributed by atoms with van der Waals surface area (Å²) in [5, 5.41) is 8.47. The second-order valence-electron chi connectivity index (χ2n) is 2.85. The number of thiocyanates is 1. The van der Waals surface area contributed by atoms with Crippen molar-refractivity contribution in [1.82, 2.24) is 0 Å². The Morgan fingerprint density at radius 1 is 1.60 bits per heavy atom. The van der Waals surface area contributed by atoms with Crippen LogP contribution in [0.5, 0.6) is 0 Å². The zero-order valence-electron chi connectivity index (χ0n) is 6.79. The predicted molar refractivity (Wildman–Crippen MR) is 46.1 cm³/mol. The highest BCUT2D eigenvalue weighted by atomic mass is 32.1. The van der Waals surface area contributed by atoms with Gasteiger partial charge in [0, 0.05) is 0 Å². The van der Waals surface area contributed by atoms with Crippen molar-refractivity contribution in [2.45, 2.75) is 0 Å². The monoisotopic (exact) mass is 158 g/mol. The first-order chi connectivity index (χ1) is 4.47. The molecule has 0 bridgehead atoms. The number of hydrogen-bond donors (Lipinski definition) is 0. The van der Waals surface area contributed by atoms with Crippen molar-refractivity contribution >= 4 is 12.6 Å². The third kappa shape index (κ3) is 26.2. The number of rotatable bonds is 2. The van der Waals surface area contributed by atoms with Gasteiger partial charge in [0.05, 0.1) is 27.7 Å². The van der Waals surface area contributed by atoms with Gasteiger partial charge in [-0.15, -0.1) is 0 Å². The molecule has 0 heterocycles. The van der Waals surface area contributed by atoms with Crippen molar-refractivity contribution < 1.29 is 4.48 Å². The zero-order chi connectivity index (χ0) is 8.62. The van der Waals surface area contributed by atoms with Gasteiger partial charge in [0.15, 0.2) is 0 Å². The Kier molecular flexibility index (Phi) is 7.91. The lowest BCUT2D eigenvalue weighted by atomic mass is 10.5. The fourth-order valence-corrected chi connectivity index (χ4v) is 0.387. The number of nitrogens with zero attached hydrogens (tertiary/aromatic N) is 2. The van der Waals surface area contributed by atoms with Crippen LogP contribution in [0, 0.1) is 10.7 Å². The lowest BCUT2D eigenvalue weighted by molar-refractivity contribution is -0.864. The summed E-state index contributed by atoms with van der Waals surface area (Å²) in [6.07, 6.45) is 1.93. The third-order valence-electron chi connectivity index (χ3n) is 0.677. The molecule has 0 saturated carbocycles. The van der Waals surface area contributed by atoms with Gasteiger partial charge in [-0.25, -0.2) is 5.26 Å². The van der Waals surface area contributed by atoms with E-state index in [2.05, 4.69) is 40.4 Å². The molecule has 0 saturated heterocycles. The smallest absolute Gasteiger partial charge is 0.0964 e. The highest BCUT2D eigenvalue weighted by Crippen LogP contribution is 1.86. The molecular formula is C7H14N2S. The molecule has 0 aromatic rings. The van der Waals surface area contributed by atoms with E-state index in [-0.39, 0.29) is 0 Å². The van der Waals surface area contributed by atoms with E-state index in [9.17, 15) is 0 Å². The molecule has 3 heteroatoms. The summed E-state index contributed by atoms with van der Waals surface area (Å²) in [5.74, 6) is 0. The molecular weight excluding hydrogens is 144 g/mol. The van der Waals surface area contributed by atoms with E-state index in [4.69, 9.17) is 5.26 Å². The second kappa shape index (κ2) is 6.53. The molecule has 0 fully saturated rings. The highest BCUT2D eigenvalue weighted by molar-refractivity contribution is 7.64. The minimum Gasteiger partial charge on any atom is -0.696 e. The average molecular weight is 158 g/mol. The van der Waals surface area contributed by atoms with E-state index in [0.29, 0.717) is 0 Å². The molecule has 0 aromatic heterocycles. The van der Waals surface area contributed by atoms with Crippen molar-refractivity contribution in [3.63, 3.8) is 0 Å². The normalized spacial score (nSPS) is 8.60. The lowest BCUT2D eigenvalue weighted by Crippen LogP contribution is -2.33. The van der Waals surface area contributed by atoms with Gasteiger partial charge in [-0.1, -0.05) is 12.0 Å². The molecule has 0 aliphatic rings. The number of likely N-dealkylation sites (N-methyl/N-ethyl adjacent to an activating group) is 1. The van der Waals surface area contributed by atoms with Crippen LogP contribution >= 0.6 is 0 Å². The average Bonchev–Trinajstić information content (AvgIpc) is 1.63. The molecule has 0 aromatic carbocycles. The van der Waals surface area contributed by atoms with Gasteiger partial charge in [-0.3, -0.25) is 0 Å². The fraction of sp³-hybridized carbons (Fsp3) is 0.571. The Hall–Kier alpha value is -0.590. The van der Waals surface area contributed by atoms with E-state index in [0.717, 1.165) is 11.0 Å². The predicted octanol–water partition coefficient (Wildman–Crippen LogP) is 0.893. The Labute approximate surface area is 68.8 Å². The van der Waals surface area contributed by atoms with E-state index in [1.54, 1.807) is 0 Å². The Morgan fingerprint density at radius 2 is 1.90 bits per heavy atom. The molecule has 0 radical (unpaired) electrons. The van der Waals surface area contributed by atoms with Crippen LogP contribution in [0.15, 0.2) is 12.7 Å².